The Morgan fingerprint density at radius 1 is 1.23 bits per heavy atom. The van der Waals surface area contributed by atoms with Gasteiger partial charge in [0, 0.05) is 30.9 Å². The summed E-state index contributed by atoms with van der Waals surface area (Å²) in [5, 5.41) is 7.21. The fraction of sp³-hybridized carbons (Fsp3) is 0.300. The summed E-state index contributed by atoms with van der Waals surface area (Å²) in [7, 11) is 0. The fourth-order valence-corrected chi connectivity index (χ4v) is 3.21. The number of hydrogen-bond donors (Lipinski definition) is 1. The fourth-order valence-electron chi connectivity index (χ4n) is 3.21. The van der Waals surface area contributed by atoms with Gasteiger partial charge in [0.25, 0.3) is 0 Å². The average Bonchev–Trinajstić information content (AvgIpc) is 3.39. The number of anilines is 1. The number of nitrogens with zero attached hydrogens (tertiary/aromatic N) is 3. The van der Waals surface area contributed by atoms with E-state index >= 15 is 0 Å². The number of carbonyl (C=O) groups excluding carboxylic acids is 1. The second kappa shape index (κ2) is 7.58. The second-order valence-electron chi connectivity index (χ2n) is 6.57. The Kier molecular flexibility index (Phi) is 4.84. The molecule has 3 heterocycles. The topological polar surface area (TPSA) is 61.1 Å². The van der Waals surface area contributed by atoms with Crippen molar-refractivity contribution >= 4 is 11.6 Å². The first-order chi connectivity index (χ1) is 12.8. The molecule has 3 aromatic rings. The molecule has 0 saturated carbocycles. The van der Waals surface area contributed by atoms with Crippen molar-refractivity contribution in [3.05, 3.63) is 66.7 Å². The molecule has 1 aliphatic rings. The molecule has 1 fully saturated rings. The first-order valence-corrected chi connectivity index (χ1v) is 8.92. The molecular formula is C20H22N4O2. The number of amides is 1. The second-order valence-corrected chi connectivity index (χ2v) is 6.57. The van der Waals surface area contributed by atoms with Gasteiger partial charge in [0.05, 0.1) is 31.0 Å². The minimum atomic E-state index is -0.0459. The smallest absolute Gasteiger partial charge is 0.228 e. The van der Waals surface area contributed by atoms with Gasteiger partial charge in [0.1, 0.15) is 0 Å². The number of nitrogens with one attached hydrogen (secondary N) is 1. The molecule has 1 amide bonds. The Morgan fingerprint density at radius 2 is 2.04 bits per heavy atom. The van der Waals surface area contributed by atoms with Crippen molar-refractivity contribution in [3.63, 3.8) is 0 Å². The number of ether oxygens (including phenoxy) is 1. The molecule has 1 N–H and O–H groups in total. The van der Waals surface area contributed by atoms with Crippen LogP contribution in [-0.2, 0) is 22.5 Å². The molecule has 6 heteroatoms. The Balaban J connectivity index is 1.31. The Labute approximate surface area is 152 Å². The highest BCUT2D eigenvalue weighted by atomic mass is 16.5. The lowest BCUT2D eigenvalue weighted by Crippen LogP contribution is -2.15. The van der Waals surface area contributed by atoms with Crippen LogP contribution in [0.25, 0.3) is 5.69 Å². The van der Waals surface area contributed by atoms with Gasteiger partial charge in [-0.05, 0) is 42.7 Å². The van der Waals surface area contributed by atoms with E-state index in [1.165, 1.54) is 0 Å². The van der Waals surface area contributed by atoms with Crippen molar-refractivity contribution in [2.75, 3.05) is 11.9 Å². The van der Waals surface area contributed by atoms with Gasteiger partial charge in [0.2, 0.25) is 5.91 Å². The number of carbonyl (C=O) groups is 1. The molecular weight excluding hydrogens is 328 g/mol. The molecule has 0 bridgehead atoms. The molecule has 26 heavy (non-hydrogen) atoms. The zero-order valence-corrected chi connectivity index (χ0v) is 14.5. The summed E-state index contributed by atoms with van der Waals surface area (Å²) >= 11 is 0. The Hall–Kier alpha value is -2.86. The normalized spacial score (nSPS) is 16.7. The predicted molar refractivity (Wildman–Crippen MR) is 99.3 cm³/mol. The van der Waals surface area contributed by atoms with Gasteiger partial charge in [-0.2, -0.15) is 5.10 Å². The number of rotatable bonds is 6. The van der Waals surface area contributed by atoms with E-state index in [2.05, 4.69) is 10.4 Å². The van der Waals surface area contributed by atoms with Crippen LogP contribution in [0.5, 0.6) is 0 Å². The molecule has 0 unspecified atom stereocenters. The van der Waals surface area contributed by atoms with Crippen LogP contribution in [0.1, 0.15) is 18.4 Å². The van der Waals surface area contributed by atoms with E-state index in [9.17, 15) is 4.79 Å². The van der Waals surface area contributed by atoms with Crippen LogP contribution in [0.2, 0.25) is 0 Å². The van der Waals surface area contributed by atoms with Gasteiger partial charge >= 0.3 is 0 Å². The zero-order chi connectivity index (χ0) is 17.8. The lowest BCUT2D eigenvalue weighted by molar-refractivity contribution is -0.115. The van der Waals surface area contributed by atoms with Crippen molar-refractivity contribution in [2.45, 2.75) is 31.9 Å². The average molecular weight is 350 g/mol. The molecule has 1 saturated heterocycles. The van der Waals surface area contributed by atoms with Crippen molar-refractivity contribution in [1.29, 1.82) is 0 Å². The molecule has 4 rings (SSSR count). The molecule has 0 aliphatic carbocycles. The van der Waals surface area contributed by atoms with Crippen LogP contribution < -0.4 is 5.32 Å². The molecule has 1 aliphatic heterocycles. The van der Waals surface area contributed by atoms with Gasteiger partial charge < -0.3 is 14.6 Å². The van der Waals surface area contributed by atoms with E-state index in [4.69, 9.17) is 4.74 Å². The Morgan fingerprint density at radius 3 is 2.77 bits per heavy atom. The molecule has 0 radical (unpaired) electrons. The van der Waals surface area contributed by atoms with Crippen LogP contribution >= 0.6 is 0 Å². The van der Waals surface area contributed by atoms with Gasteiger partial charge in [-0.15, -0.1) is 0 Å². The molecule has 6 nitrogen and oxygen atoms in total. The Bertz CT molecular complexity index is 846. The summed E-state index contributed by atoms with van der Waals surface area (Å²) in [6.45, 7) is 1.56. The third-order valence-electron chi connectivity index (χ3n) is 4.54. The summed E-state index contributed by atoms with van der Waals surface area (Å²) in [6.07, 6.45) is 10.3. The summed E-state index contributed by atoms with van der Waals surface area (Å²) in [5.41, 5.74) is 2.77. The number of benzene rings is 1. The monoisotopic (exact) mass is 350 g/mol. The maximum Gasteiger partial charge on any atom is 0.228 e. The quantitative estimate of drug-likeness (QED) is 0.743. The summed E-state index contributed by atoms with van der Waals surface area (Å²) < 4.78 is 9.48. The summed E-state index contributed by atoms with van der Waals surface area (Å²) in [6, 6.07) is 12.0. The van der Waals surface area contributed by atoms with E-state index in [0.29, 0.717) is 6.42 Å². The third-order valence-corrected chi connectivity index (χ3v) is 4.54. The van der Waals surface area contributed by atoms with Gasteiger partial charge in [-0.1, -0.05) is 12.1 Å². The summed E-state index contributed by atoms with van der Waals surface area (Å²) in [5.74, 6) is -0.0459. The maximum atomic E-state index is 12.3. The number of aromatic nitrogens is 3. The zero-order valence-electron chi connectivity index (χ0n) is 14.5. The van der Waals surface area contributed by atoms with Crippen molar-refractivity contribution in [3.8, 4) is 5.69 Å². The maximum absolute atomic E-state index is 12.3. The van der Waals surface area contributed by atoms with E-state index in [-0.39, 0.29) is 12.0 Å². The minimum Gasteiger partial charge on any atom is -0.376 e. The van der Waals surface area contributed by atoms with Crippen LogP contribution in [0.15, 0.2) is 61.2 Å². The lowest BCUT2D eigenvalue weighted by Gasteiger charge is -2.08. The molecule has 0 spiro atoms. The van der Waals surface area contributed by atoms with Gasteiger partial charge in [0.15, 0.2) is 0 Å². The van der Waals surface area contributed by atoms with E-state index < -0.39 is 0 Å². The van der Waals surface area contributed by atoms with Crippen LogP contribution in [0.3, 0.4) is 0 Å². The standard InChI is InChI=1S/C20H22N4O2/c25-20(12-16-5-7-18(8-6-16)23-9-1-2-10-23)22-17-13-21-24(14-17)15-19-4-3-11-26-19/h1-2,5-10,13-14,19H,3-4,11-12,15H2,(H,22,25)/t19-/m0/s1. The largest absolute Gasteiger partial charge is 0.376 e. The molecule has 2 aromatic heterocycles. The molecule has 1 atom stereocenters. The van der Waals surface area contributed by atoms with Gasteiger partial charge in [-0.3, -0.25) is 9.48 Å². The highest BCUT2D eigenvalue weighted by molar-refractivity contribution is 5.92. The van der Waals surface area contributed by atoms with E-state index in [0.717, 1.165) is 42.9 Å². The van der Waals surface area contributed by atoms with Crippen molar-refractivity contribution in [2.24, 2.45) is 0 Å². The van der Waals surface area contributed by atoms with Crippen LogP contribution in [0, 0.1) is 0 Å². The van der Waals surface area contributed by atoms with Crippen LogP contribution in [-0.4, -0.2) is 33.0 Å². The first kappa shape index (κ1) is 16.6. The molecule has 1 aromatic carbocycles. The summed E-state index contributed by atoms with van der Waals surface area (Å²) in [4.78, 5) is 12.3. The van der Waals surface area contributed by atoms with E-state index in [1.807, 2.05) is 64.2 Å². The number of hydrogen-bond acceptors (Lipinski definition) is 3. The molecule has 134 valence electrons. The minimum absolute atomic E-state index is 0.0459. The highest BCUT2D eigenvalue weighted by Gasteiger charge is 2.16. The first-order valence-electron chi connectivity index (χ1n) is 8.92. The third kappa shape index (κ3) is 4.03. The van der Waals surface area contributed by atoms with Crippen molar-refractivity contribution in [1.82, 2.24) is 14.3 Å². The van der Waals surface area contributed by atoms with E-state index in [1.54, 1.807) is 6.20 Å². The van der Waals surface area contributed by atoms with Crippen LogP contribution in [0.4, 0.5) is 5.69 Å². The van der Waals surface area contributed by atoms with Gasteiger partial charge in [-0.25, -0.2) is 0 Å². The predicted octanol–water partition coefficient (Wildman–Crippen LogP) is 3.03. The lowest BCUT2D eigenvalue weighted by atomic mass is 10.1. The van der Waals surface area contributed by atoms with Crippen molar-refractivity contribution < 1.29 is 9.53 Å². The highest BCUT2D eigenvalue weighted by Crippen LogP contribution is 2.15. The SMILES string of the molecule is O=C(Cc1ccc(-n2cccc2)cc1)Nc1cnn(C[C@@H]2CCCO2)c1.